The fraction of sp³-hybridized carbons (Fsp3) is 0.429. The molecular weight excluding hydrogens is 140 g/mol. The van der Waals surface area contributed by atoms with Crippen LogP contribution in [0.1, 0.15) is 12.0 Å². The quantitative estimate of drug-likeness (QED) is 0.636. The van der Waals surface area contributed by atoms with Gasteiger partial charge in [0.1, 0.15) is 0 Å². The molecule has 0 aliphatic carbocycles. The molecule has 4 nitrogen and oxygen atoms in total. The van der Waals surface area contributed by atoms with Crippen molar-refractivity contribution in [2.24, 2.45) is 5.73 Å². The predicted molar refractivity (Wildman–Crippen MR) is 43.8 cm³/mol. The largest absolute Gasteiger partial charge is 0.368 e. The number of hydrogen-bond acceptors (Lipinski definition) is 4. The first-order valence-corrected chi connectivity index (χ1v) is 3.59. The second kappa shape index (κ2) is 3.88. The number of anilines is 1. The van der Waals surface area contributed by atoms with Gasteiger partial charge < -0.3 is 11.5 Å². The molecule has 0 unspecified atom stereocenters. The van der Waals surface area contributed by atoms with E-state index in [2.05, 4.69) is 9.97 Å². The Balaban J connectivity index is 2.52. The Morgan fingerprint density at radius 3 is 2.45 bits per heavy atom. The normalized spacial score (nSPS) is 9.91. The molecule has 0 bridgehead atoms. The summed E-state index contributed by atoms with van der Waals surface area (Å²) < 4.78 is 0. The zero-order chi connectivity index (χ0) is 8.10. The van der Waals surface area contributed by atoms with Crippen LogP contribution in [-0.2, 0) is 6.42 Å². The van der Waals surface area contributed by atoms with Crippen LogP contribution in [0.2, 0.25) is 0 Å². The molecule has 0 aromatic carbocycles. The second-order valence-corrected chi connectivity index (χ2v) is 2.34. The van der Waals surface area contributed by atoms with Gasteiger partial charge in [-0.05, 0) is 24.9 Å². The van der Waals surface area contributed by atoms with Crippen LogP contribution in [0.5, 0.6) is 0 Å². The van der Waals surface area contributed by atoms with Crippen LogP contribution >= 0.6 is 0 Å². The molecule has 11 heavy (non-hydrogen) atoms. The molecule has 0 aliphatic heterocycles. The van der Waals surface area contributed by atoms with E-state index in [1.807, 2.05) is 0 Å². The number of nitrogen functional groups attached to an aromatic ring is 1. The van der Waals surface area contributed by atoms with Crippen LogP contribution in [-0.4, -0.2) is 16.5 Å². The summed E-state index contributed by atoms with van der Waals surface area (Å²) in [6.45, 7) is 0.699. The maximum absolute atomic E-state index is 5.34. The van der Waals surface area contributed by atoms with Crippen molar-refractivity contribution in [3.05, 3.63) is 18.0 Å². The highest BCUT2D eigenvalue weighted by molar-refractivity contribution is 5.17. The smallest absolute Gasteiger partial charge is 0.219 e. The highest BCUT2D eigenvalue weighted by Crippen LogP contribution is 1.99. The van der Waals surface area contributed by atoms with Crippen molar-refractivity contribution >= 4 is 5.95 Å². The molecule has 0 saturated heterocycles. The molecule has 4 heteroatoms. The molecule has 0 saturated carbocycles. The Labute approximate surface area is 65.6 Å². The fourth-order valence-corrected chi connectivity index (χ4v) is 0.800. The van der Waals surface area contributed by atoms with E-state index in [1.54, 1.807) is 12.4 Å². The van der Waals surface area contributed by atoms with Gasteiger partial charge in [-0.1, -0.05) is 0 Å². The third-order valence-corrected chi connectivity index (χ3v) is 1.39. The molecular formula is C7H12N4. The summed E-state index contributed by atoms with van der Waals surface area (Å²) in [5.74, 6) is 0.321. The predicted octanol–water partition coefficient (Wildman–Crippen LogP) is -0.0499. The summed E-state index contributed by atoms with van der Waals surface area (Å²) in [5.41, 5.74) is 11.7. The van der Waals surface area contributed by atoms with E-state index in [9.17, 15) is 0 Å². The summed E-state index contributed by atoms with van der Waals surface area (Å²) in [5, 5.41) is 0. The third-order valence-electron chi connectivity index (χ3n) is 1.39. The van der Waals surface area contributed by atoms with Gasteiger partial charge in [0, 0.05) is 12.4 Å². The average Bonchev–Trinajstić information content (AvgIpc) is 2.04. The van der Waals surface area contributed by atoms with Crippen LogP contribution in [0.15, 0.2) is 12.4 Å². The zero-order valence-electron chi connectivity index (χ0n) is 6.33. The Hall–Kier alpha value is -1.16. The molecule has 0 amide bonds. The topological polar surface area (TPSA) is 77.8 Å². The Kier molecular flexibility index (Phi) is 2.80. The van der Waals surface area contributed by atoms with E-state index >= 15 is 0 Å². The lowest BCUT2D eigenvalue weighted by Crippen LogP contribution is -2.01. The summed E-state index contributed by atoms with van der Waals surface area (Å²) in [6.07, 6.45) is 5.36. The number of aromatic nitrogens is 2. The first-order valence-electron chi connectivity index (χ1n) is 3.59. The molecule has 0 atom stereocenters. The maximum Gasteiger partial charge on any atom is 0.219 e. The molecule has 1 aromatic heterocycles. The van der Waals surface area contributed by atoms with E-state index in [0.29, 0.717) is 12.5 Å². The highest BCUT2D eigenvalue weighted by atomic mass is 15.0. The summed E-state index contributed by atoms with van der Waals surface area (Å²) in [6, 6.07) is 0. The van der Waals surface area contributed by atoms with Gasteiger partial charge in [0.2, 0.25) is 5.95 Å². The van der Waals surface area contributed by atoms with Crippen LogP contribution < -0.4 is 11.5 Å². The molecule has 0 radical (unpaired) electrons. The van der Waals surface area contributed by atoms with Gasteiger partial charge in [-0.25, -0.2) is 9.97 Å². The lowest BCUT2D eigenvalue weighted by atomic mass is 10.2. The van der Waals surface area contributed by atoms with E-state index in [0.717, 1.165) is 18.4 Å². The standard InChI is InChI=1S/C7H12N4/c8-3-1-2-6-4-10-7(9)11-5-6/h4-5H,1-3,8H2,(H2,9,10,11). The summed E-state index contributed by atoms with van der Waals surface area (Å²) >= 11 is 0. The molecule has 1 aromatic rings. The van der Waals surface area contributed by atoms with Gasteiger partial charge in [-0.3, -0.25) is 0 Å². The van der Waals surface area contributed by atoms with Gasteiger partial charge in [0.15, 0.2) is 0 Å². The molecule has 4 N–H and O–H groups in total. The first-order chi connectivity index (χ1) is 5.33. The van der Waals surface area contributed by atoms with E-state index in [1.165, 1.54) is 0 Å². The maximum atomic E-state index is 5.34. The minimum Gasteiger partial charge on any atom is -0.368 e. The van der Waals surface area contributed by atoms with Crippen molar-refractivity contribution in [1.29, 1.82) is 0 Å². The Morgan fingerprint density at radius 2 is 1.91 bits per heavy atom. The van der Waals surface area contributed by atoms with E-state index in [4.69, 9.17) is 11.5 Å². The van der Waals surface area contributed by atoms with Crippen molar-refractivity contribution in [2.75, 3.05) is 12.3 Å². The van der Waals surface area contributed by atoms with Gasteiger partial charge in [0.25, 0.3) is 0 Å². The monoisotopic (exact) mass is 152 g/mol. The summed E-state index contributed by atoms with van der Waals surface area (Å²) in [7, 11) is 0. The zero-order valence-corrected chi connectivity index (χ0v) is 6.33. The fourth-order valence-electron chi connectivity index (χ4n) is 0.800. The molecule has 1 heterocycles. The van der Waals surface area contributed by atoms with Gasteiger partial charge in [0.05, 0.1) is 0 Å². The number of rotatable bonds is 3. The van der Waals surface area contributed by atoms with E-state index < -0.39 is 0 Å². The lowest BCUT2D eigenvalue weighted by molar-refractivity contribution is 0.824. The summed E-state index contributed by atoms with van der Waals surface area (Å²) in [4.78, 5) is 7.72. The van der Waals surface area contributed by atoms with Crippen LogP contribution in [0.3, 0.4) is 0 Å². The third kappa shape index (κ3) is 2.51. The Morgan fingerprint density at radius 1 is 1.27 bits per heavy atom. The van der Waals surface area contributed by atoms with Crippen LogP contribution in [0, 0.1) is 0 Å². The Bertz CT molecular complexity index is 206. The van der Waals surface area contributed by atoms with Crippen molar-refractivity contribution in [2.45, 2.75) is 12.8 Å². The van der Waals surface area contributed by atoms with Crippen molar-refractivity contribution < 1.29 is 0 Å². The number of hydrogen-bond donors (Lipinski definition) is 2. The van der Waals surface area contributed by atoms with Gasteiger partial charge >= 0.3 is 0 Å². The second-order valence-electron chi connectivity index (χ2n) is 2.34. The molecule has 0 fully saturated rings. The van der Waals surface area contributed by atoms with Crippen LogP contribution in [0.25, 0.3) is 0 Å². The van der Waals surface area contributed by atoms with E-state index in [-0.39, 0.29) is 0 Å². The molecule has 0 aliphatic rings. The first kappa shape index (κ1) is 7.94. The van der Waals surface area contributed by atoms with Crippen molar-refractivity contribution in [3.63, 3.8) is 0 Å². The minimum absolute atomic E-state index is 0.321. The van der Waals surface area contributed by atoms with Crippen molar-refractivity contribution in [1.82, 2.24) is 9.97 Å². The average molecular weight is 152 g/mol. The van der Waals surface area contributed by atoms with Gasteiger partial charge in [-0.15, -0.1) is 0 Å². The highest BCUT2D eigenvalue weighted by Gasteiger charge is 1.92. The van der Waals surface area contributed by atoms with Gasteiger partial charge in [-0.2, -0.15) is 0 Å². The number of nitrogens with two attached hydrogens (primary N) is 2. The molecule has 60 valence electrons. The minimum atomic E-state index is 0.321. The molecule has 0 spiro atoms. The number of nitrogens with zero attached hydrogens (tertiary/aromatic N) is 2. The SMILES string of the molecule is NCCCc1cnc(N)nc1. The molecule has 1 rings (SSSR count). The van der Waals surface area contributed by atoms with Crippen LogP contribution in [0.4, 0.5) is 5.95 Å². The van der Waals surface area contributed by atoms with Crippen molar-refractivity contribution in [3.8, 4) is 0 Å². The number of aryl methyl sites for hydroxylation is 1. The lowest BCUT2D eigenvalue weighted by Gasteiger charge is -1.97.